The Bertz CT molecular complexity index is 467. The monoisotopic (exact) mass is 235 g/mol. The van der Waals surface area contributed by atoms with Gasteiger partial charge in [-0.05, 0) is 23.6 Å². The molecule has 0 aliphatic heterocycles. The number of aliphatic carboxylic acids is 1. The van der Waals surface area contributed by atoms with Crippen LogP contribution in [0.15, 0.2) is 29.6 Å². The number of aromatic nitrogens is 2. The Morgan fingerprint density at radius 2 is 2.25 bits per heavy atom. The molecule has 0 bridgehead atoms. The zero-order valence-corrected chi connectivity index (χ0v) is 9.07. The summed E-state index contributed by atoms with van der Waals surface area (Å²) in [7, 11) is 0. The van der Waals surface area contributed by atoms with Gasteiger partial charge in [-0.25, -0.2) is 0 Å². The molecule has 2 aromatic rings. The maximum absolute atomic E-state index is 10.3. The fourth-order valence-corrected chi connectivity index (χ4v) is 1.84. The van der Waals surface area contributed by atoms with E-state index in [2.05, 4.69) is 15.5 Å². The fraction of sp³-hybridized carbons (Fsp3) is 0.100. The molecule has 82 valence electrons. The molecule has 0 unspecified atom stereocenters. The number of carboxylic acids is 1. The van der Waals surface area contributed by atoms with Gasteiger partial charge in [0.2, 0.25) is 0 Å². The Morgan fingerprint density at radius 3 is 2.81 bits per heavy atom. The SMILES string of the molecule is O=C(O)CNc1ccc(-c2cccs2)nn1. The molecule has 0 aliphatic rings. The minimum Gasteiger partial charge on any atom is -0.480 e. The van der Waals surface area contributed by atoms with Gasteiger partial charge >= 0.3 is 5.97 Å². The standard InChI is InChI=1S/C10H9N3O2S/c14-10(15)6-11-9-4-3-7(12-13-9)8-2-1-5-16-8/h1-5H,6H2,(H,11,13)(H,14,15). The minimum atomic E-state index is -0.927. The van der Waals surface area contributed by atoms with Crippen LogP contribution in [-0.4, -0.2) is 27.8 Å². The van der Waals surface area contributed by atoms with Gasteiger partial charge in [0.1, 0.15) is 18.1 Å². The van der Waals surface area contributed by atoms with Crippen LogP contribution in [0.1, 0.15) is 0 Å². The number of thiophene rings is 1. The van der Waals surface area contributed by atoms with Crippen LogP contribution in [0.25, 0.3) is 10.6 Å². The van der Waals surface area contributed by atoms with Gasteiger partial charge in [-0.15, -0.1) is 21.5 Å². The van der Waals surface area contributed by atoms with Crippen LogP contribution in [0, 0.1) is 0 Å². The Labute approximate surface area is 95.8 Å². The molecule has 0 saturated heterocycles. The third-order valence-electron chi connectivity index (χ3n) is 1.86. The molecule has 0 radical (unpaired) electrons. The molecule has 0 aliphatic carbocycles. The van der Waals surface area contributed by atoms with Crippen LogP contribution < -0.4 is 5.32 Å². The summed E-state index contributed by atoms with van der Waals surface area (Å²) in [6.45, 7) is -0.160. The maximum Gasteiger partial charge on any atom is 0.322 e. The van der Waals surface area contributed by atoms with E-state index in [1.165, 1.54) is 0 Å². The average Bonchev–Trinajstić information content (AvgIpc) is 2.80. The smallest absolute Gasteiger partial charge is 0.322 e. The Morgan fingerprint density at radius 1 is 1.38 bits per heavy atom. The normalized spacial score (nSPS) is 10.0. The van der Waals surface area contributed by atoms with Gasteiger partial charge in [-0.3, -0.25) is 4.79 Å². The van der Waals surface area contributed by atoms with Gasteiger partial charge in [0.15, 0.2) is 0 Å². The lowest BCUT2D eigenvalue weighted by molar-refractivity contribution is -0.134. The molecule has 6 heteroatoms. The summed E-state index contributed by atoms with van der Waals surface area (Å²) in [5, 5.41) is 21.0. The molecule has 0 fully saturated rings. The van der Waals surface area contributed by atoms with E-state index in [-0.39, 0.29) is 6.54 Å². The van der Waals surface area contributed by atoms with E-state index in [0.717, 1.165) is 10.6 Å². The first-order valence-corrected chi connectivity index (χ1v) is 5.47. The Hall–Kier alpha value is -1.95. The highest BCUT2D eigenvalue weighted by molar-refractivity contribution is 7.13. The van der Waals surface area contributed by atoms with Crippen LogP contribution in [0.4, 0.5) is 5.82 Å². The number of hydrogen-bond acceptors (Lipinski definition) is 5. The molecule has 0 amide bonds. The summed E-state index contributed by atoms with van der Waals surface area (Å²) in [5.74, 6) is -0.466. The van der Waals surface area contributed by atoms with Crippen molar-refractivity contribution in [3.8, 4) is 10.6 Å². The number of rotatable bonds is 4. The van der Waals surface area contributed by atoms with Crippen LogP contribution in [0.2, 0.25) is 0 Å². The first-order valence-electron chi connectivity index (χ1n) is 4.59. The summed E-state index contributed by atoms with van der Waals surface area (Å²) < 4.78 is 0. The van der Waals surface area contributed by atoms with Gasteiger partial charge in [-0.1, -0.05) is 6.07 Å². The topological polar surface area (TPSA) is 75.1 Å². The first-order chi connectivity index (χ1) is 7.75. The predicted molar refractivity (Wildman–Crippen MR) is 61.5 cm³/mol. The van der Waals surface area contributed by atoms with Crippen molar-refractivity contribution in [2.75, 3.05) is 11.9 Å². The van der Waals surface area contributed by atoms with E-state index >= 15 is 0 Å². The Balaban J connectivity index is 2.08. The number of nitrogens with one attached hydrogen (secondary N) is 1. The molecular weight excluding hydrogens is 226 g/mol. The highest BCUT2D eigenvalue weighted by Crippen LogP contribution is 2.22. The molecule has 0 aromatic carbocycles. The quantitative estimate of drug-likeness (QED) is 0.843. The number of nitrogens with zero attached hydrogens (tertiary/aromatic N) is 2. The van der Waals surface area contributed by atoms with Crippen LogP contribution >= 0.6 is 11.3 Å². The predicted octanol–water partition coefficient (Wildman–Crippen LogP) is 1.70. The first kappa shape index (κ1) is 10.6. The van der Waals surface area contributed by atoms with E-state index in [1.807, 2.05) is 23.6 Å². The third kappa shape index (κ3) is 2.54. The molecule has 2 rings (SSSR count). The highest BCUT2D eigenvalue weighted by Gasteiger charge is 2.02. The molecular formula is C10H9N3O2S. The van der Waals surface area contributed by atoms with Crippen molar-refractivity contribution in [1.29, 1.82) is 0 Å². The van der Waals surface area contributed by atoms with Gasteiger partial charge in [0.05, 0.1) is 4.88 Å². The minimum absolute atomic E-state index is 0.160. The third-order valence-corrected chi connectivity index (χ3v) is 2.75. The lowest BCUT2D eigenvalue weighted by Gasteiger charge is -2.01. The van der Waals surface area contributed by atoms with Crippen LogP contribution in [-0.2, 0) is 4.79 Å². The van der Waals surface area contributed by atoms with Gasteiger partial charge in [0.25, 0.3) is 0 Å². The molecule has 0 atom stereocenters. The fourth-order valence-electron chi connectivity index (χ4n) is 1.15. The molecule has 2 N–H and O–H groups in total. The summed E-state index contributed by atoms with van der Waals surface area (Å²) in [6.07, 6.45) is 0. The number of carbonyl (C=O) groups is 1. The molecule has 5 nitrogen and oxygen atoms in total. The molecule has 16 heavy (non-hydrogen) atoms. The molecule has 2 heterocycles. The van der Waals surface area contributed by atoms with E-state index in [0.29, 0.717) is 5.82 Å². The number of anilines is 1. The van der Waals surface area contributed by atoms with Crippen molar-refractivity contribution in [2.45, 2.75) is 0 Å². The van der Waals surface area contributed by atoms with Gasteiger partial charge in [0, 0.05) is 0 Å². The second-order valence-electron chi connectivity index (χ2n) is 3.03. The van der Waals surface area contributed by atoms with Gasteiger partial charge in [-0.2, -0.15) is 0 Å². The zero-order valence-electron chi connectivity index (χ0n) is 8.25. The molecule has 0 saturated carbocycles. The number of carboxylic acid groups (broad SMARTS) is 1. The van der Waals surface area contributed by atoms with E-state index < -0.39 is 5.97 Å². The van der Waals surface area contributed by atoms with Crippen molar-refractivity contribution < 1.29 is 9.90 Å². The van der Waals surface area contributed by atoms with Crippen molar-refractivity contribution in [1.82, 2.24) is 10.2 Å². The average molecular weight is 235 g/mol. The van der Waals surface area contributed by atoms with Crippen molar-refractivity contribution in [3.63, 3.8) is 0 Å². The Kier molecular flexibility index (Phi) is 3.11. The molecule has 2 aromatic heterocycles. The number of hydrogen-bond donors (Lipinski definition) is 2. The van der Waals surface area contributed by atoms with Gasteiger partial charge < -0.3 is 10.4 Å². The maximum atomic E-state index is 10.3. The summed E-state index contributed by atoms with van der Waals surface area (Å²) >= 11 is 1.58. The van der Waals surface area contributed by atoms with E-state index in [4.69, 9.17) is 5.11 Å². The lowest BCUT2D eigenvalue weighted by atomic mass is 10.3. The summed E-state index contributed by atoms with van der Waals surface area (Å²) in [6, 6.07) is 7.42. The van der Waals surface area contributed by atoms with E-state index in [9.17, 15) is 4.79 Å². The second kappa shape index (κ2) is 4.71. The largest absolute Gasteiger partial charge is 0.480 e. The highest BCUT2D eigenvalue weighted by atomic mass is 32.1. The lowest BCUT2D eigenvalue weighted by Crippen LogP contribution is -2.13. The summed E-state index contributed by atoms with van der Waals surface area (Å²) in [4.78, 5) is 11.4. The second-order valence-corrected chi connectivity index (χ2v) is 3.98. The molecule has 0 spiro atoms. The van der Waals surface area contributed by atoms with Crippen molar-refractivity contribution in [3.05, 3.63) is 29.6 Å². The van der Waals surface area contributed by atoms with Crippen LogP contribution in [0.5, 0.6) is 0 Å². The zero-order chi connectivity index (χ0) is 11.4. The van der Waals surface area contributed by atoms with E-state index in [1.54, 1.807) is 17.4 Å². The van der Waals surface area contributed by atoms with Crippen molar-refractivity contribution in [2.24, 2.45) is 0 Å². The van der Waals surface area contributed by atoms with Crippen LogP contribution in [0.3, 0.4) is 0 Å². The van der Waals surface area contributed by atoms with Crippen molar-refractivity contribution >= 4 is 23.1 Å². The summed E-state index contributed by atoms with van der Waals surface area (Å²) in [5.41, 5.74) is 0.788.